The fourth-order valence-corrected chi connectivity index (χ4v) is 2.62. The summed E-state index contributed by atoms with van der Waals surface area (Å²) in [6, 6.07) is 1.73. The highest BCUT2D eigenvalue weighted by Crippen LogP contribution is 2.37. The summed E-state index contributed by atoms with van der Waals surface area (Å²) in [5.41, 5.74) is 3.59. The Morgan fingerprint density at radius 2 is 2.42 bits per heavy atom. The highest BCUT2D eigenvalue weighted by molar-refractivity contribution is 7.07. The number of H-pyrrole nitrogens is 1. The molecular formula is C13H16N4OS. The van der Waals surface area contributed by atoms with Crippen molar-refractivity contribution in [1.82, 2.24) is 20.3 Å². The van der Waals surface area contributed by atoms with E-state index in [1.165, 1.54) is 0 Å². The van der Waals surface area contributed by atoms with Gasteiger partial charge in [0.25, 0.3) is 5.56 Å². The predicted octanol–water partition coefficient (Wildman–Crippen LogP) is 1.95. The lowest BCUT2D eigenvalue weighted by Gasteiger charge is -2.11. The Hall–Kier alpha value is -1.53. The van der Waals surface area contributed by atoms with Crippen LogP contribution in [0, 0.1) is 0 Å². The zero-order valence-corrected chi connectivity index (χ0v) is 11.5. The Kier molecular flexibility index (Phi) is 3.44. The van der Waals surface area contributed by atoms with Crippen LogP contribution in [0.4, 0.5) is 0 Å². The van der Waals surface area contributed by atoms with Crippen LogP contribution < -0.4 is 10.9 Å². The lowest BCUT2D eigenvalue weighted by molar-refractivity contribution is 0.555. The van der Waals surface area contributed by atoms with Crippen molar-refractivity contribution in [3.05, 3.63) is 44.5 Å². The van der Waals surface area contributed by atoms with Gasteiger partial charge in [0.2, 0.25) is 0 Å². The first kappa shape index (κ1) is 12.5. The average Bonchev–Trinajstić information content (AvgIpc) is 3.11. The first-order valence-electron chi connectivity index (χ1n) is 6.44. The Morgan fingerprint density at radius 3 is 3.11 bits per heavy atom. The minimum absolute atomic E-state index is 0.0602. The zero-order valence-electron chi connectivity index (χ0n) is 10.7. The third kappa shape index (κ3) is 3.08. The van der Waals surface area contributed by atoms with Crippen LogP contribution in [-0.4, -0.2) is 15.0 Å². The van der Waals surface area contributed by atoms with Crippen LogP contribution in [0.3, 0.4) is 0 Å². The highest BCUT2D eigenvalue weighted by atomic mass is 32.1. The predicted molar refractivity (Wildman–Crippen MR) is 74.2 cm³/mol. The van der Waals surface area contributed by atoms with Crippen molar-refractivity contribution in [1.29, 1.82) is 0 Å². The average molecular weight is 276 g/mol. The van der Waals surface area contributed by atoms with Gasteiger partial charge in [-0.15, -0.1) is 11.3 Å². The Bertz CT molecular complexity index is 603. The molecule has 2 heterocycles. The first-order valence-corrected chi connectivity index (χ1v) is 7.38. The number of rotatable bonds is 5. The molecule has 1 aliphatic rings. The molecule has 1 aliphatic carbocycles. The molecule has 1 atom stereocenters. The van der Waals surface area contributed by atoms with Crippen molar-refractivity contribution < 1.29 is 0 Å². The van der Waals surface area contributed by atoms with Crippen LogP contribution in [0.15, 0.2) is 21.8 Å². The number of hydrogen-bond acceptors (Lipinski definition) is 5. The van der Waals surface area contributed by atoms with Crippen LogP contribution in [0.25, 0.3) is 0 Å². The van der Waals surface area contributed by atoms with E-state index in [1.807, 2.05) is 10.9 Å². The third-order valence-corrected chi connectivity index (χ3v) is 3.87. The van der Waals surface area contributed by atoms with Gasteiger partial charge in [-0.3, -0.25) is 4.79 Å². The molecule has 1 fully saturated rings. The summed E-state index contributed by atoms with van der Waals surface area (Å²) >= 11 is 1.58. The largest absolute Gasteiger partial charge is 0.310 e. The second kappa shape index (κ2) is 5.22. The van der Waals surface area contributed by atoms with Crippen molar-refractivity contribution in [3.8, 4) is 0 Å². The van der Waals surface area contributed by atoms with Gasteiger partial charge in [-0.2, -0.15) is 0 Å². The molecule has 5 nitrogen and oxygen atoms in total. The summed E-state index contributed by atoms with van der Waals surface area (Å²) in [7, 11) is 0. The van der Waals surface area contributed by atoms with Crippen molar-refractivity contribution in [3.63, 3.8) is 0 Å². The van der Waals surface area contributed by atoms with E-state index >= 15 is 0 Å². The van der Waals surface area contributed by atoms with E-state index in [0.29, 0.717) is 12.5 Å². The van der Waals surface area contributed by atoms with Gasteiger partial charge in [0.05, 0.1) is 16.9 Å². The summed E-state index contributed by atoms with van der Waals surface area (Å²) in [4.78, 5) is 23.2. The maximum atomic E-state index is 11.6. The number of aromatic amines is 1. The van der Waals surface area contributed by atoms with Crippen LogP contribution in [0.5, 0.6) is 0 Å². The van der Waals surface area contributed by atoms with Crippen LogP contribution in [0.2, 0.25) is 0 Å². The number of nitrogens with one attached hydrogen (secondary N) is 2. The molecule has 2 aromatic rings. The van der Waals surface area contributed by atoms with Gasteiger partial charge in [-0.05, 0) is 19.8 Å². The van der Waals surface area contributed by atoms with E-state index in [-0.39, 0.29) is 11.6 Å². The van der Waals surface area contributed by atoms with E-state index < -0.39 is 0 Å². The molecule has 0 saturated heterocycles. The minimum atomic E-state index is -0.0602. The maximum Gasteiger partial charge on any atom is 0.251 e. The molecule has 6 heteroatoms. The number of nitrogens with zero attached hydrogens (tertiary/aromatic N) is 2. The van der Waals surface area contributed by atoms with Crippen LogP contribution in [-0.2, 0) is 6.54 Å². The quantitative estimate of drug-likeness (QED) is 0.875. The van der Waals surface area contributed by atoms with Crippen molar-refractivity contribution >= 4 is 11.3 Å². The monoisotopic (exact) mass is 276 g/mol. The molecule has 3 rings (SSSR count). The molecule has 100 valence electrons. The molecule has 0 amide bonds. The Balaban J connectivity index is 1.68. The van der Waals surface area contributed by atoms with Crippen molar-refractivity contribution in [2.45, 2.75) is 38.3 Å². The van der Waals surface area contributed by atoms with Crippen LogP contribution >= 0.6 is 11.3 Å². The van der Waals surface area contributed by atoms with Crippen molar-refractivity contribution in [2.75, 3.05) is 0 Å². The molecule has 1 saturated carbocycles. The molecule has 0 bridgehead atoms. The maximum absolute atomic E-state index is 11.6. The van der Waals surface area contributed by atoms with E-state index in [0.717, 1.165) is 30.1 Å². The molecule has 19 heavy (non-hydrogen) atoms. The van der Waals surface area contributed by atoms with Gasteiger partial charge < -0.3 is 10.3 Å². The summed E-state index contributed by atoms with van der Waals surface area (Å²) in [5.74, 6) is 1.30. The first-order chi connectivity index (χ1) is 9.22. The fraction of sp³-hybridized carbons (Fsp3) is 0.462. The standard InChI is InChI=1S/C13H16N4OS/c1-8(11-6-19-7-15-11)14-5-10-4-12(18)17-13(16-10)9-2-3-9/h4,6-9,14H,2-3,5H2,1H3,(H,16,17,18)/t8-/m0/s1. The molecule has 2 aromatic heterocycles. The highest BCUT2D eigenvalue weighted by Gasteiger charge is 2.26. The number of hydrogen-bond donors (Lipinski definition) is 2. The summed E-state index contributed by atoms with van der Waals surface area (Å²) in [6.45, 7) is 2.65. The van der Waals surface area contributed by atoms with E-state index in [9.17, 15) is 4.79 Å². The van der Waals surface area contributed by atoms with Gasteiger partial charge >= 0.3 is 0 Å². The smallest absolute Gasteiger partial charge is 0.251 e. The van der Waals surface area contributed by atoms with Gasteiger partial charge in [0.1, 0.15) is 5.82 Å². The van der Waals surface area contributed by atoms with Gasteiger partial charge in [-0.25, -0.2) is 9.97 Å². The summed E-state index contributed by atoms with van der Waals surface area (Å²) in [6.07, 6.45) is 2.27. The van der Waals surface area contributed by atoms with E-state index in [1.54, 1.807) is 17.4 Å². The fourth-order valence-electron chi connectivity index (χ4n) is 1.97. The van der Waals surface area contributed by atoms with E-state index in [2.05, 4.69) is 27.2 Å². The summed E-state index contributed by atoms with van der Waals surface area (Å²) in [5, 5.41) is 5.37. The lowest BCUT2D eigenvalue weighted by atomic mass is 10.2. The Labute approximate surface area is 115 Å². The van der Waals surface area contributed by atoms with Gasteiger partial charge in [0, 0.05) is 30.0 Å². The number of aromatic nitrogens is 3. The molecule has 0 aromatic carbocycles. The molecule has 0 radical (unpaired) electrons. The molecule has 2 N–H and O–H groups in total. The molecule has 0 unspecified atom stereocenters. The second-order valence-corrected chi connectivity index (χ2v) is 5.63. The van der Waals surface area contributed by atoms with E-state index in [4.69, 9.17) is 0 Å². The minimum Gasteiger partial charge on any atom is -0.310 e. The zero-order chi connectivity index (χ0) is 13.2. The SMILES string of the molecule is C[C@H](NCc1cc(=O)[nH]c(C2CC2)n1)c1cscn1. The topological polar surface area (TPSA) is 70.7 Å². The third-order valence-electron chi connectivity index (χ3n) is 3.26. The Morgan fingerprint density at radius 1 is 1.58 bits per heavy atom. The molecule has 0 aliphatic heterocycles. The number of thiazole rings is 1. The van der Waals surface area contributed by atoms with Gasteiger partial charge in [-0.1, -0.05) is 0 Å². The normalized spacial score (nSPS) is 16.5. The van der Waals surface area contributed by atoms with Crippen molar-refractivity contribution in [2.24, 2.45) is 0 Å². The summed E-state index contributed by atoms with van der Waals surface area (Å²) < 4.78 is 0. The molecular weight excluding hydrogens is 260 g/mol. The van der Waals surface area contributed by atoms with Gasteiger partial charge in [0.15, 0.2) is 0 Å². The van der Waals surface area contributed by atoms with Crippen LogP contribution in [0.1, 0.15) is 48.9 Å². The lowest BCUT2D eigenvalue weighted by Crippen LogP contribution is -2.21. The molecule has 0 spiro atoms. The second-order valence-electron chi connectivity index (χ2n) is 4.91.